The van der Waals surface area contributed by atoms with Crippen LogP contribution >= 0.6 is 11.3 Å². The molecule has 1 heterocycles. The topological polar surface area (TPSA) is 71.5 Å². The summed E-state index contributed by atoms with van der Waals surface area (Å²) in [4.78, 5) is 29.8. The number of hydrogen-bond donors (Lipinski definition) is 1. The Morgan fingerprint density at radius 3 is 2.96 bits per heavy atom. The van der Waals surface area contributed by atoms with E-state index in [1.54, 1.807) is 36.8 Å². The van der Waals surface area contributed by atoms with Crippen LogP contribution < -0.4 is 10.1 Å². The summed E-state index contributed by atoms with van der Waals surface area (Å²) in [6.07, 6.45) is 2.06. The van der Waals surface area contributed by atoms with Crippen molar-refractivity contribution in [2.75, 3.05) is 13.6 Å². The zero-order chi connectivity index (χ0) is 16.9. The van der Waals surface area contributed by atoms with Gasteiger partial charge in [0, 0.05) is 24.0 Å². The van der Waals surface area contributed by atoms with Gasteiger partial charge in [-0.2, -0.15) is 0 Å². The molecule has 1 aliphatic rings. The van der Waals surface area contributed by atoms with Gasteiger partial charge in [-0.25, -0.2) is 4.98 Å². The number of ether oxygens (including phenoxy) is 1. The van der Waals surface area contributed by atoms with Crippen LogP contribution in [0, 0.1) is 0 Å². The highest BCUT2D eigenvalue weighted by Crippen LogP contribution is 2.19. The molecule has 2 aromatic rings. The predicted octanol–water partition coefficient (Wildman–Crippen LogP) is 2.07. The van der Waals surface area contributed by atoms with E-state index in [0.29, 0.717) is 24.0 Å². The van der Waals surface area contributed by atoms with Crippen LogP contribution in [0.2, 0.25) is 0 Å². The third kappa shape index (κ3) is 4.55. The molecular weight excluding hydrogens is 326 g/mol. The minimum absolute atomic E-state index is 0.0548. The van der Waals surface area contributed by atoms with Crippen molar-refractivity contribution in [2.24, 2.45) is 0 Å². The molecule has 24 heavy (non-hydrogen) atoms. The lowest BCUT2D eigenvalue weighted by Gasteiger charge is -2.17. The number of likely N-dealkylation sites (N-methyl/N-ethyl adjacent to an activating group) is 1. The van der Waals surface area contributed by atoms with Gasteiger partial charge in [-0.1, -0.05) is 6.07 Å². The maximum atomic E-state index is 12.4. The number of nitrogens with zero attached hydrogens (tertiary/aromatic N) is 2. The summed E-state index contributed by atoms with van der Waals surface area (Å²) in [6, 6.07) is 7.26. The molecular formula is C17H19N3O3S. The second-order valence-corrected chi connectivity index (χ2v) is 6.52. The first-order valence-corrected chi connectivity index (χ1v) is 8.71. The Morgan fingerprint density at radius 2 is 2.25 bits per heavy atom. The summed E-state index contributed by atoms with van der Waals surface area (Å²) >= 11 is 1.51. The molecule has 1 aliphatic carbocycles. The number of rotatable bonds is 7. The first kappa shape index (κ1) is 16.4. The largest absolute Gasteiger partial charge is 0.487 e. The normalized spacial score (nSPS) is 13.4. The molecule has 6 nitrogen and oxygen atoms in total. The Kier molecular flexibility index (Phi) is 5.10. The van der Waals surface area contributed by atoms with Crippen LogP contribution in [0.25, 0.3) is 0 Å². The van der Waals surface area contributed by atoms with Gasteiger partial charge in [-0.05, 0) is 31.0 Å². The molecule has 0 bridgehead atoms. The molecule has 7 heteroatoms. The quantitative estimate of drug-likeness (QED) is 0.834. The van der Waals surface area contributed by atoms with Crippen molar-refractivity contribution in [3.8, 4) is 5.75 Å². The summed E-state index contributed by atoms with van der Waals surface area (Å²) in [6.45, 7) is 0.417. The summed E-state index contributed by atoms with van der Waals surface area (Å²) in [5, 5.41) is 4.79. The number of carbonyl (C=O) groups excluding carboxylic acids is 2. The molecule has 1 fully saturated rings. The monoisotopic (exact) mass is 345 g/mol. The van der Waals surface area contributed by atoms with E-state index in [0.717, 1.165) is 18.5 Å². The molecule has 126 valence electrons. The second-order valence-electron chi connectivity index (χ2n) is 5.80. The number of thiazole rings is 1. The van der Waals surface area contributed by atoms with Gasteiger partial charge in [0.05, 0.1) is 17.7 Å². The molecule has 1 aromatic carbocycles. The minimum Gasteiger partial charge on any atom is -0.487 e. The zero-order valence-corrected chi connectivity index (χ0v) is 14.2. The lowest BCUT2D eigenvalue weighted by molar-refractivity contribution is -0.121. The van der Waals surface area contributed by atoms with Crippen LogP contribution in [0.5, 0.6) is 5.75 Å². The Hall–Kier alpha value is -2.41. The van der Waals surface area contributed by atoms with Crippen molar-refractivity contribution in [3.05, 3.63) is 46.4 Å². The highest BCUT2D eigenvalue weighted by atomic mass is 32.1. The number of nitrogens with one attached hydrogen (secondary N) is 1. The van der Waals surface area contributed by atoms with Gasteiger partial charge in [0.2, 0.25) is 5.91 Å². The van der Waals surface area contributed by atoms with Crippen LogP contribution in [-0.4, -0.2) is 41.3 Å². The van der Waals surface area contributed by atoms with Crippen molar-refractivity contribution >= 4 is 23.2 Å². The van der Waals surface area contributed by atoms with E-state index < -0.39 is 0 Å². The average Bonchev–Trinajstić information content (AvgIpc) is 3.23. The van der Waals surface area contributed by atoms with E-state index in [2.05, 4.69) is 10.3 Å². The first-order valence-electron chi connectivity index (χ1n) is 7.76. The molecule has 3 rings (SSSR count). The Labute approximate surface area is 144 Å². The van der Waals surface area contributed by atoms with E-state index in [-0.39, 0.29) is 18.4 Å². The molecule has 0 aliphatic heterocycles. The van der Waals surface area contributed by atoms with Crippen molar-refractivity contribution in [1.82, 2.24) is 15.2 Å². The van der Waals surface area contributed by atoms with Crippen LogP contribution in [0.1, 0.15) is 28.9 Å². The fourth-order valence-corrected chi connectivity index (χ4v) is 2.74. The van der Waals surface area contributed by atoms with Gasteiger partial charge in [0.1, 0.15) is 12.4 Å². The molecule has 1 saturated carbocycles. The summed E-state index contributed by atoms with van der Waals surface area (Å²) in [5.41, 5.74) is 3.10. The van der Waals surface area contributed by atoms with Crippen molar-refractivity contribution in [3.63, 3.8) is 0 Å². The number of benzene rings is 1. The smallest absolute Gasteiger partial charge is 0.254 e. The predicted molar refractivity (Wildman–Crippen MR) is 91.0 cm³/mol. The molecule has 0 unspecified atom stereocenters. The van der Waals surface area contributed by atoms with E-state index in [9.17, 15) is 9.59 Å². The molecule has 0 saturated heterocycles. The molecule has 0 atom stereocenters. The zero-order valence-electron chi connectivity index (χ0n) is 13.4. The number of carbonyl (C=O) groups is 2. The molecule has 1 N–H and O–H groups in total. The van der Waals surface area contributed by atoms with E-state index >= 15 is 0 Å². The standard InChI is InChI=1S/C17H19N3O3S/c1-20(8-16(21)19-13-5-6-13)17(22)12-3-2-4-15(7-12)23-9-14-10-24-11-18-14/h2-4,7,10-11,13H,5-6,8-9H2,1H3,(H,19,21). The van der Waals surface area contributed by atoms with Crippen LogP contribution in [-0.2, 0) is 11.4 Å². The van der Waals surface area contributed by atoms with Crippen LogP contribution in [0.3, 0.4) is 0 Å². The molecule has 0 radical (unpaired) electrons. The SMILES string of the molecule is CN(CC(=O)NC1CC1)C(=O)c1cccc(OCc2cscn2)c1. The van der Waals surface area contributed by atoms with Gasteiger partial charge in [-0.15, -0.1) is 11.3 Å². The highest BCUT2D eigenvalue weighted by Gasteiger charge is 2.24. The Morgan fingerprint density at radius 1 is 1.42 bits per heavy atom. The van der Waals surface area contributed by atoms with Crippen LogP contribution in [0.15, 0.2) is 35.2 Å². The Balaban J connectivity index is 1.57. The third-order valence-corrected chi connectivity index (χ3v) is 4.26. The average molecular weight is 345 g/mol. The molecule has 2 amide bonds. The second kappa shape index (κ2) is 7.44. The van der Waals surface area contributed by atoms with E-state index in [1.165, 1.54) is 16.2 Å². The van der Waals surface area contributed by atoms with Crippen molar-refractivity contribution < 1.29 is 14.3 Å². The van der Waals surface area contributed by atoms with Crippen molar-refractivity contribution in [1.29, 1.82) is 0 Å². The van der Waals surface area contributed by atoms with Crippen molar-refractivity contribution in [2.45, 2.75) is 25.5 Å². The van der Waals surface area contributed by atoms with Gasteiger partial charge < -0.3 is 15.0 Å². The fourth-order valence-electron chi connectivity index (χ4n) is 2.19. The molecule has 0 spiro atoms. The minimum atomic E-state index is -0.208. The van der Waals surface area contributed by atoms with Gasteiger partial charge >= 0.3 is 0 Å². The summed E-state index contributed by atoms with van der Waals surface area (Å²) in [5.74, 6) is 0.272. The van der Waals surface area contributed by atoms with Crippen LogP contribution in [0.4, 0.5) is 0 Å². The van der Waals surface area contributed by atoms with Gasteiger partial charge in [0.25, 0.3) is 5.91 Å². The van der Waals surface area contributed by atoms with E-state index in [1.807, 2.05) is 5.38 Å². The van der Waals surface area contributed by atoms with Gasteiger partial charge in [-0.3, -0.25) is 9.59 Å². The maximum absolute atomic E-state index is 12.4. The Bertz CT molecular complexity index is 714. The van der Waals surface area contributed by atoms with Gasteiger partial charge in [0.15, 0.2) is 0 Å². The summed E-state index contributed by atoms with van der Waals surface area (Å²) < 4.78 is 5.66. The first-order chi connectivity index (χ1) is 11.6. The third-order valence-electron chi connectivity index (χ3n) is 3.62. The molecule has 1 aromatic heterocycles. The lowest BCUT2D eigenvalue weighted by atomic mass is 10.2. The number of amides is 2. The highest BCUT2D eigenvalue weighted by molar-refractivity contribution is 7.07. The lowest BCUT2D eigenvalue weighted by Crippen LogP contribution is -2.39. The summed E-state index contributed by atoms with van der Waals surface area (Å²) in [7, 11) is 1.62. The number of aromatic nitrogens is 1. The fraction of sp³-hybridized carbons (Fsp3) is 0.353. The maximum Gasteiger partial charge on any atom is 0.254 e. The number of hydrogen-bond acceptors (Lipinski definition) is 5. The van der Waals surface area contributed by atoms with E-state index in [4.69, 9.17) is 4.74 Å².